The van der Waals surface area contributed by atoms with Crippen molar-refractivity contribution in [2.75, 3.05) is 6.61 Å². The molecule has 0 amide bonds. The smallest absolute Gasteiger partial charge is 0.287 e. The van der Waals surface area contributed by atoms with Gasteiger partial charge in [0.15, 0.2) is 5.82 Å². The summed E-state index contributed by atoms with van der Waals surface area (Å²) in [5, 5.41) is 17.2. The Hall–Kier alpha value is -5.64. The molecule has 10 heteroatoms. The first-order chi connectivity index (χ1) is 21.3. The number of hydrogen-bond donors (Lipinski definition) is 0. The van der Waals surface area contributed by atoms with Crippen LogP contribution in [0.25, 0.3) is 39.0 Å². The van der Waals surface area contributed by atoms with Crippen LogP contribution in [0.3, 0.4) is 0 Å². The molecule has 0 aliphatic rings. The second kappa shape index (κ2) is 11.6. The molecule has 0 radical (unpaired) electrons. The Morgan fingerprint density at radius 3 is 2.50 bits per heavy atom. The zero-order chi connectivity index (χ0) is 31.0. The number of aryl methyl sites for hydroxylation is 1. The Labute approximate surface area is 253 Å². The van der Waals surface area contributed by atoms with Crippen LogP contribution in [0.15, 0.2) is 95.1 Å². The van der Waals surface area contributed by atoms with E-state index < -0.39 is 4.92 Å². The van der Waals surface area contributed by atoms with E-state index in [1.807, 2.05) is 79.2 Å². The highest BCUT2D eigenvalue weighted by molar-refractivity contribution is 6.00. The third kappa shape index (κ3) is 5.11. The summed E-state index contributed by atoms with van der Waals surface area (Å²) in [6.07, 6.45) is 4.72. The summed E-state index contributed by atoms with van der Waals surface area (Å²) in [5.74, 6) is 1.94. The van der Waals surface area contributed by atoms with Crippen LogP contribution in [-0.2, 0) is 0 Å². The number of ether oxygens (including phenoxy) is 1. The monoisotopic (exact) mass is 586 g/mol. The minimum Gasteiger partial charge on any atom is -0.494 e. The molecular weight excluding hydrogens is 556 g/mol. The fourth-order valence-electron chi connectivity index (χ4n) is 5.32. The average Bonchev–Trinajstić information content (AvgIpc) is 3.39. The van der Waals surface area contributed by atoms with Gasteiger partial charge in [-0.1, -0.05) is 44.2 Å². The van der Waals surface area contributed by atoms with Gasteiger partial charge in [0.2, 0.25) is 0 Å². The van der Waals surface area contributed by atoms with Crippen molar-refractivity contribution >= 4 is 33.7 Å². The quantitative estimate of drug-likeness (QED) is 0.107. The molecule has 6 aromatic rings. The number of benzene rings is 3. The van der Waals surface area contributed by atoms with Crippen molar-refractivity contribution in [3.63, 3.8) is 0 Å². The van der Waals surface area contributed by atoms with Crippen molar-refractivity contribution in [1.82, 2.24) is 19.2 Å². The lowest BCUT2D eigenvalue weighted by atomic mass is 9.96. The van der Waals surface area contributed by atoms with E-state index >= 15 is 0 Å². The lowest BCUT2D eigenvalue weighted by Gasteiger charge is -2.18. The maximum atomic E-state index is 13.9. The second-order valence-corrected chi connectivity index (χ2v) is 10.7. The topological polar surface area (TPSA) is 117 Å². The summed E-state index contributed by atoms with van der Waals surface area (Å²) in [6, 6.07) is 22.0. The van der Waals surface area contributed by atoms with Gasteiger partial charge in [0, 0.05) is 28.8 Å². The summed E-state index contributed by atoms with van der Waals surface area (Å²) in [7, 11) is 0. The number of pyridine rings is 1. The van der Waals surface area contributed by atoms with E-state index in [4.69, 9.17) is 14.8 Å². The third-order valence-electron chi connectivity index (χ3n) is 7.52. The molecule has 44 heavy (non-hydrogen) atoms. The van der Waals surface area contributed by atoms with Gasteiger partial charge in [-0.3, -0.25) is 14.9 Å². The van der Waals surface area contributed by atoms with Gasteiger partial charge in [-0.2, -0.15) is 9.78 Å². The van der Waals surface area contributed by atoms with Crippen LogP contribution in [0.4, 0.5) is 5.69 Å². The van der Waals surface area contributed by atoms with Crippen molar-refractivity contribution in [3.8, 4) is 23.0 Å². The molecule has 0 atom stereocenters. The highest BCUT2D eigenvalue weighted by Crippen LogP contribution is 2.34. The average molecular weight is 587 g/mol. The van der Waals surface area contributed by atoms with Crippen molar-refractivity contribution in [2.45, 2.75) is 33.6 Å². The molecule has 0 fully saturated rings. The van der Waals surface area contributed by atoms with E-state index in [-0.39, 0.29) is 17.2 Å². The number of nitro groups is 1. The first kappa shape index (κ1) is 28.5. The first-order valence-electron chi connectivity index (χ1n) is 14.3. The van der Waals surface area contributed by atoms with Gasteiger partial charge < -0.3 is 9.30 Å². The Kier molecular flexibility index (Phi) is 7.48. The van der Waals surface area contributed by atoms with Crippen LogP contribution >= 0.6 is 0 Å². The molecule has 3 heterocycles. The van der Waals surface area contributed by atoms with Crippen LogP contribution in [0.1, 0.15) is 43.4 Å². The molecule has 220 valence electrons. The molecular formula is C34H30N6O4. The number of aromatic nitrogens is 4. The Morgan fingerprint density at radius 2 is 1.80 bits per heavy atom. The summed E-state index contributed by atoms with van der Waals surface area (Å²) in [4.78, 5) is 33.8. The van der Waals surface area contributed by atoms with Crippen molar-refractivity contribution in [1.29, 1.82) is 0 Å². The summed E-state index contributed by atoms with van der Waals surface area (Å²) < 4.78 is 9.13. The minimum atomic E-state index is -0.480. The molecule has 3 aromatic heterocycles. The molecule has 0 aliphatic carbocycles. The van der Waals surface area contributed by atoms with Crippen LogP contribution in [-0.4, -0.2) is 37.0 Å². The zero-order valence-electron chi connectivity index (χ0n) is 24.8. The summed E-state index contributed by atoms with van der Waals surface area (Å²) in [5.41, 5.74) is 4.49. The SMILES string of the molecule is CCOc1cc(C)c(-c2nc3ccccc3c(=O)n2N=Cc2cn(-c3ccc([N+](=O)[O-])cn3)c3ccccc23)cc1C(C)C. The number of fused-ring (bicyclic) bond motifs is 2. The molecule has 0 saturated carbocycles. The molecule has 0 aliphatic heterocycles. The molecule has 0 spiro atoms. The summed E-state index contributed by atoms with van der Waals surface area (Å²) >= 11 is 0. The van der Waals surface area contributed by atoms with Gasteiger partial charge in [0.05, 0.1) is 34.2 Å². The van der Waals surface area contributed by atoms with Crippen LogP contribution in [0.2, 0.25) is 0 Å². The number of rotatable bonds is 8. The van der Waals surface area contributed by atoms with Gasteiger partial charge in [0.25, 0.3) is 11.2 Å². The molecule has 3 aromatic carbocycles. The zero-order valence-corrected chi connectivity index (χ0v) is 24.8. The van der Waals surface area contributed by atoms with Gasteiger partial charge in [-0.25, -0.2) is 9.97 Å². The van der Waals surface area contributed by atoms with Crippen molar-refractivity contribution in [3.05, 3.63) is 122 Å². The molecule has 10 nitrogen and oxygen atoms in total. The molecule has 6 rings (SSSR count). The van der Waals surface area contributed by atoms with E-state index in [1.165, 1.54) is 16.9 Å². The van der Waals surface area contributed by atoms with Crippen LogP contribution in [0, 0.1) is 17.0 Å². The fourth-order valence-corrected chi connectivity index (χ4v) is 5.32. The standard InChI is InChI=1S/C34H30N6O4/c1-5-44-31-16-22(4)28(17-27(31)21(2)3)33-37-29-12-8-6-11-26(29)34(41)39(33)36-18-23-20-38(30-13-9-7-10-25(23)30)32-15-14-24(19-35-32)40(42)43/h6-21H,5H2,1-4H3. The molecule has 0 bridgehead atoms. The third-order valence-corrected chi connectivity index (χ3v) is 7.52. The lowest BCUT2D eigenvalue weighted by Crippen LogP contribution is -2.20. The number of para-hydroxylation sites is 2. The largest absolute Gasteiger partial charge is 0.494 e. The fraction of sp³-hybridized carbons (Fsp3) is 0.176. The van der Waals surface area contributed by atoms with Crippen molar-refractivity contribution in [2.24, 2.45) is 5.10 Å². The summed E-state index contributed by atoms with van der Waals surface area (Å²) in [6.45, 7) is 8.68. The predicted molar refractivity (Wildman–Crippen MR) is 172 cm³/mol. The first-order valence-corrected chi connectivity index (χ1v) is 14.3. The highest BCUT2D eigenvalue weighted by atomic mass is 16.6. The second-order valence-electron chi connectivity index (χ2n) is 10.7. The highest BCUT2D eigenvalue weighted by Gasteiger charge is 2.19. The minimum absolute atomic E-state index is 0.0899. The normalized spacial score (nSPS) is 11.7. The van der Waals surface area contributed by atoms with Gasteiger partial charge >= 0.3 is 0 Å². The van der Waals surface area contributed by atoms with E-state index in [9.17, 15) is 14.9 Å². The maximum absolute atomic E-state index is 13.9. The molecule has 0 unspecified atom stereocenters. The van der Waals surface area contributed by atoms with Crippen molar-refractivity contribution < 1.29 is 9.66 Å². The molecule has 0 N–H and O–H groups in total. The van der Waals surface area contributed by atoms with Gasteiger partial charge in [-0.15, -0.1) is 0 Å². The van der Waals surface area contributed by atoms with Gasteiger partial charge in [-0.05, 0) is 67.3 Å². The Morgan fingerprint density at radius 1 is 1.05 bits per heavy atom. The van der Waals surface area contributed by atoms with Crippen LogP contribution in [0.5, 0.6) is 5.75 Å². The maximum Gasteiger partial charge on any atom is 0.287 e. The number of hydrogen-bond acceptors (Lipinski definition) is 7. The predicted octanol–water partition coefficient (Wildman–Crippen LogP) is 7.02. The molecule has 0 saturated heterocycles. The van der Waals surface area contributed by atoms with Crippen LogP contribution < -0.4 is 10.3 Å². The Balaban J connectivity index is 1.54. The van der Waals surface area contributed by atoms with E-state index in [0.29, 0.717) is 29.2 Å². The van der Waals surface area contributed by atoms with Gasteiger partial charge in [0.1, 0.15) is 17.8 Å². The number of nitrogens with zero attached hydrogens (tertiary/aromatic N) is 6. The van der Waals surface area contributed by atoms with E-state index in [2.05, 4.69) is 18.8 Å². The lowest BCUT2D eigenvalue weighted by molar-refractivity contribution is -0.385. The van der Waals surface area contributed by atoms with E-state index in [1.54, 1.807) is 18.3 Å². The Bertz CT molecular complexity index is 2130. The van der Waals surface area contributed by atoms with E-state index in [0.717, 1.165) is 38.9 Å².